The van der Waals surface area contributed by atoms with Gasteiger partial charge < -0.3 is 15.0 Å². The molecule has 1 heterocycles. The molecule has 1 aliphatic rings. The summed E-state index contributed by atoms with van der Waals surface area (Å²) in [6, 6.07) is 11.2. The summed E-state index contributed by atoms with van der Waals surface area (Å²) in [4.78, 5) is 47.8. The summed E-state index contributed by atoms with van der Waals surface area (Å²) >= 11 is 0. The highest BCUT2D eigenvalue weighted by molar-refractivity contribution is 6.00. The molecule has 10 heteroatoms. The topological polar surface area (TPSA) is 119 Å². The molecule has 29 heavy (non-hydrogen) atoms. The van der Waals surface area contributed by atoms with Crippen molar-refractivity contribution in [2.45, 2.75) is 6.42 Å². The molecule has 1 atom stereocenters. The minimum atomic E-state index is -0.846. The quantitative estimate of drug-likeness (QED) is 0.451. The van der Waals surface area contributed by atoms with E-state index < -0.39 is 41.0 Å². The summed E-state index contributed by atoms with van der Waals surface area (Å²) in [6.45, 7) is -0.736. The van der Waals surface area contributed by atoms with Gasteiger partial charge in [0.1, 0.15) is 11.5 Å². The van der Waals surface area contributed by atoms with Gasteiger partial charge in [0.2, 0.25) is 5.91 Å². The molecular formula is C19H16FN3O6. The number of benzene rings is 2. The fraction of sp³-hybridized carbons (Fsp3) is 0.211. The predicted molar refractivity (Wildman–Crippen MR) is 99.5 cm³/mol. The van der Waals surface area contributed by atoms with Gasteiger partial charge in [-0.05, 0) is 18.2 Å². The number of anilines is 2. The van der Waals surface area contributed by atoms with Gasteiger partial charge in [0.15, 0.2) is 6.61 Å². The summed E-state index contributed by atoms with van der Waals surface area (Å²) in [5.74, 6) is -3.40. The van der Waals surface area contributed by atoms with Gasteiger partial charge in [-0.25, -0.2) is 4.39 Å². The summed E-state index contributed by atoms with van der Waals surface area (Å²) in [5, 5.41) is 13.3. The normalized spacial score (nSPS) is 15.8. The number of amides is 2. The van der Waals surface area contributed by atoms with E-state index in [4.69, 9.17) is 4.74 Å². The van der Waals surface area contributed by atoms with Crippen molar-refractivity contribution >= 4 is 34.8 Å². The van der Waals surface area contributed by atoms with Crippen LogP contribution in [0.15, 0.2) is 48.5 Å². The number of esters is 1. The predicted octanol–water partition coefficient (Wildman–Crippen LogP) is 2.27. The molecule has 2 aromatic carbocycles. The minimum absolute atomic E-state index is 0.0275. The molecule has 0 unspecified atom stereocenters. The maximum Gasteiger partial charge on any atom is 0.311 e. The number of nitrogens with one attached hydrogen (secondary N) is 1. The standard InChI is InChI=1S/C19H16FN3O6/c20-13-5-1-3-7-15(13)22-10-12(9-18(22)25)19(26)29-11-17(24)21-14-6-2-4-8-16(14)23(27)28/h1-8,12H,9-11H2,(H,21,24)/t12-/m1/s1. The monoisotopic (exact) mass is 401 g/mol. The van der Waals surface area contributed by atoms with Crippen molar-refractivity contribution in [2.24, 2.45) is 5.92 Å². The molecule has 1 aliphatic heterocycles. The highest BCUT2D eigenvalue weighted by Gasteiger charge is 2.37. The van der Waals surface area contributed by atoms with Crippen molar-refractivity contribution < 1.29 is 28.4 Å². The first-order chi connectivity index (χ1) is 13.9. The second-order valence-corrected chi connectivity index (χ2v) is 6.29. The van der Waals surface area contributed by atoms with Gasteiger partial charge in [-0.3, -0.25) is 24.5 Å². The van der Waals surface area contributed by atoms with Crippen molar-refractivity contribution in [1.29, 1.82) is 0 Å². The lowest BCUT2D eigenvalue weighted by atomic mass is 10.1. The number of nitro benzene ring substituents is 1. The van der Waals surface area contributed by atoms with Crippen molar-refractivity contribution in [2.75, 3.05) is 23.4 Å². The Bertz CT molecular complexity index is 980. The van der Waals surface area contributed by atoms with Gasteiger partial charge in [-0.1, -0.05) is 24.3 Å². The largest absolute Gasteiger partial charge is 0.455 e. The van der Waals surface area contributed by atoms with Gasteiger partial charge in [-0.15, -0.1) is 0 Å². The van der Waals surface area contributed by atoms with Crippen LogP contribution in [0.25, 0.3) is 0 Å². The van der Waals surface area contributed by atoms with Gasteiger partial charge in [0, 0.05) is 19.0 Å². The van der Waals surface area contributed by atoms with Crippen LogP contribution < -0.4 is 10.2 Å². The lowest BCUT2D eigenvalue weighted by Gasteiger charge is -2.17. The van der Waals surface area contributed by atoms with E-state index >= 15 is 0 Å². The van der Waals surface area contributed by atoms with Crippen LogP contribution in [0.4, 0.5) is 21.5 Å². The second kappa shape index (κ2) is 8.46. The Morgan fingerprint density at radius 2 is 1.90 bits per heavy atom. The Hall–Kier alpha value is -3.82. The Kier molecular flexibility index (Phi) is 5.82. The molecule has 1 N–H and O–H groups in total. The van der Waals surface area contributed by atoms with Crippen LogP contribution >= 0.6 is 0 Å². The molecule has 0 saturated carbocycles. The molecule has 3 rings (SSSR count). The average Bonchev–Trinajstić information content (AvgIpc) is 3.08. The molecular weight excluding hydrogens is 385 g/mol. The summed E-state index contributed by atoms with van der Waals surface area (Å²) < 4.78 is 18.8. The molecule has 0 spiro atoms. The van der Waals surface area contributed by atoms with Crippen LogP contribution in [0.1, 0.15) is 6.42 Å². The zero-order valence-electron chi connectivity index (χ0n) is 15.0. The van der Waals surface area contributed by atoms with Crippen LogP contribution in [0.3, 0.4) is 0 Å². The smallest absolute Gasteiger partial charge is 0.311 e. The number of nitro groups is 1. The van der Waals surface area contributed by atoms with Crippen molar-refractivity contribution in [3.8, 4) is 0 Å². The van der Waals surface area contributed by atoms with E-state index in [1.54, 1.807) is 6.07 Å². The summed E-state index contributed by atoms with van der Waals surface area (Å²) in [7, 11) is 0. The maximum atomic E-state index is 13.9. The Morgan fingerprint density at radius 3 is 2.62 bits per heavy atom. The first-order valence-corrected chi connectivity index (χ1v) is 8.61. The van der Waals surface area contributed by atoms with Crippen LogP contribution in [-0.4, -0.2) is 35.9 Å². The number of ether oxygens (including phenoxy) is 1. The molecule has 2 aromatic rings. The number of hydrogen-bond donors (Lipinski definition) is 1. The Labute approximate surface area is 164 Å². The van der Waals surface area contributed by atoms with Crippen molar-refractivity contribution in [3.05, 3.63) is 64.5 Å². The van der Waals surface area contributed by atoms with Crippen LogP contribution in [0.5, 0.6) is 0 Å². The van der Waals surface area contributed by atoms with E-state index in [2.05, 4.69) is 5.32 Å². The highest BCUT2D eigenvalue weighted by atomic mass is 19.1. The molecule has 0 bridgehead atoms. The molecule has 1 saturated heterocycles. The molecule has 1 fully saturated rings. The molecule has 9 nitrogen and oxygen atoms in total. The number of rotatable bonds is 6. The summed E-state index contributed by atoms with van der Waals surface area (Å²) in [5.41, 5.74) is -0.253. The Balaban J connectivity index is 1.56. The number of nitrogens with zero attached hydrogens (tertiary/aromatic N) is 2. The van der Waals surface area contributed by atoms with Crippen molar-refractivity contribution in [1.82, 2.24) is 0 Å². The SMILES string of the molecule is O=C(COC(=O)[C@@H]1CC(=O)N(c2ccccc2F)C1)Nc1ccccc1[N+](=O)[O-]. The summed E-state index contributed by atoms with van der Waals surface area (Å²) in [6.07, 6.45) is -0.168. The van der Waals surface area contributed by atoms with Gasteiger partial charge in [0.05, 0.1) is 16.5 Å². The third-order valence-electron chi connectivity index (χ3n) is 4.32. The fourth-order valence-electron chi connectivity index (χ4n) is 2.95. The van der Waals surface area contributed by atoms with E-state index in [1.807, 2.05) is 0 Å². The van der Waals surface area contributed by atoms with E-state index in [1.165, 1.54) is 42.5 Å². The fourth-order valence-corrected chi connectivity index (χ4v) is 2.95. The lowest BCUT2D eigenvalue weighted by molar-refractivity contribution is -0.383. The van der Waals surface area contributed by atoms with Gasteiger partial charge >= 0.3 is 5.97 Å². The van der Waals surface area contributed by atoms with E-state index in [9.17, 15) is 28.9 Å². The number of halogens is 1. The zero-order valence-corrected chi connectivity index (χ0v) is 15.0. The third-order valence-corrected chi connectivity index (χ3v) is 4.32. The highest BCUT2D eigenvalue weighted by Crippen LogP contribution is 2.28. The number of carbonyl (C=O) groups is 3. The van der Waals surface area contributed by atoms with Crippen LogP contribution in [0, 0.1) is 21.8 Å². The lowest BCUT2D eigenvalue weighted by Crippen LogP contribution is -2.28. The average molecular weight is 401 g/mol. The number of carbonyl (C=O) groups excluding carboxylic acids is 3. The second-order valence-electron chi connectivity index (χ2n) is 6.29. The third kappa shape index (κ3) is 4.54. The first kappa shape index (κ1) is 19.9. The van der Waals surface area contributed by atoms with E-state index in [0.29, 0.717) is 0 Å². The maximum absolute atomic E-state index is 13.9. The number of para-hydroxylation sites is 3. The molecule has 2 amide bonds. The first-order valence-electron chi connectivity index (χ1n) is 8.61. The van der Waals surface area contributed by atoms with Gasteiger partial charge in [-0.2, -0.15) is 0 Å². The molecule has 0 aliphatic carbocycles. The van der Waals surface area contributed by atoms with Crippen LogP contribution in [-0.2, 0) is 19.1 Å². The molecule has 0 aromatic heterocycles. The van der Waals surface area contributed by atoms with Crippen LogP contribution in [0.2, 0.25) is 0 Å². The van der Waals surface area contributed by atoms with E-state index in [-0.39, 0.29) is 30.0 Å². The van der Waals surface area contributed by atoms with E-state index in [0.717, 1.165) is 4.90 Å². The minimum Gasteiger partial charge on any atom is -0.455 e. The zero-order chi connectivity index (χ0) is 21.0. The number of hydrogen-bond acceptors (Lipinski definition) is 6. The van der Waals surface area contributed by atoms with Crippen molar-refractivity contribution in [3.63, 3.8) is 0 Å². The van der Waals surface area contributed by atoms with Gasteiger partial charge in [0.25, 0.3) is 11.6 Å². The molecule has 0 radical (unpaired) electrons. The Morgan fingerprint density at radius 1 is 1.21 bits per heavy atom. The molecule has 150 valence electrons.